The van der Waals surface area contributed by atoms with Gasteiger partial charge in [-0.1, -0.05) is 24.3 Å². The summed E-state index contributed by atoms with van der Waals surface area (Å²) in [6.45, 7) is 1.62. The first-order valence-electron chi connectivity index (χ1n) is 12.6. The number of aryl methyl sites for hydroxylation is 2. The molecule has 0 unspecified atom stereocenters. The van der Waals surface area contributed by atoms with Gasteiger partial charge in [0.15, 0.2) is 5.78 Å². The zero-order valence-electron chi connectivity index (χ0n) is 22.2. The molecule has 4 aromatic rings. The Morgan fingerprint density at radius 2 is 1.60 bits per heavy atom. The second kappa shape index (κ2) is 10.5. The molecule has 1 aliphatic rings. The zero-order chi connectivity index (χ0) is 30.6. The fourth-order valence-corrected chi connectivity index (χ4v) is 6.12. The number of nitrogens with one attached hydrogen (secondary N) is 1. The molecule has 5 rings (SSSR count). The molecule has 0 radical (unpaired) electrons. The number of carbonyl (C=O) groups is 2. The summed E-state index contributed by atoms with van der Waals surface area (Å²) >= 11 is 0. The Morgan fingerprint density at radius 3 is 2.24 bits per heavy atom. The summed E-state index contributed by atoms with van der Waals surface area (Å²) in [5.41, 5.74) is 0.963. The molecule has 14 heteroatoms. The van der Waals surface area contributed by atoms with E-state index in [0.29, 0.717) is 16.5 Å². The average molecular weight is 613 g/mol. The first-order chi connectivity index (χ1) is 19.7. The van der Waals surface area contributed by atoms with Crippen molar-refractivity contribution in [3.63, 3.8) is 0 Å². The van der Waals surface area contributed by atoms with E-state index in [1.165, 1.54) is 23.7 Å². The van der Waals surface area contributed by atoms with Crippen molar-refractivity contribution in [3.05, 3.63) is 87.2 Å². The van der Waals surface area contributed by atoms with Gasteiger partial charge in [-0.3, -0.25) is 18.7 Å². The molecule has 0 fully saturated rings. The topological polar surface area (TPSA) is 186 Å². The Hall–Kier alpha value is -4.37. The molecule has 0 saturated heterocycles. The maximum absolute atomic E-state index is 14.0. The lowest BCUT2D eigenvalue weighted by Gasteiger charge is -2.25. The molecule has 0 saturated carbocycles. The van der Waals surface area contributed by atoms with Crippen molar-refractivity contribution in [3.8, 4) is 11.1 Å². The third kappa shape index (κ3) is 5.09. The van der Waals surface area contributed by atoms with Crippen LogP contribution in [0, 0.1) is 0 Å². The molecule has 1 heterocycles. The SMILES string of the molecule is CCOC(=O)c1c2c3c(c(Nc4ccc(S(=O)(=O)O)cc4CCS(=O)(=O)O)ccc3n(C)c1=O)C(=O)c1ccccc1-2. The largest absolute Gasteiger partial charge is 0.462 e. The number of nitrogens with zero attached hydrogens (tertiary/aromatic N) is 1. The highest BCUT2D eigenvalue weighted by atomic mass is 32.2. The summed E-state index contributed by atoms with van der Waals surface area (Å²) in [5.74, 6) is -2.02. The summed E-state index contributed by atoms with van der Waals surface area (Å²) in [6, 6.07) is 13.0. The minimum absolute atomic E-state index is 0.0143. The van der Waals surface area contributed by atoms with Gasteiger partial charge in [0.25, 0.3) is 25.8 Å². The Kier molecular flexibility index (Phi) is 7.27. The van der Waals surface area contributed by atoms with Crippen molar-refractivity contribution in [2.24, 2.45) is 7.05 Å². The molecular weight excluding hydrogens is 588 g/mol. The van der Waals surface area contributed by atoms with Gasteiger partial charge in [-0.25, -0.2) is 4.79 Å². The van der Waals surface area contributed by atoms with Crippen LogP contribution in [0.5, 0.6) is 0 Å². The molecule has 3 N–H and O–H groups in total. The molecule has 12 nitrogen and oxygen atoms in total. The van der Waals surface area contributed by atoms with Gasteiger partial charge >= 0.3 is 5.97 Å². The number of anilines is 2. The summed E-state index contributed by atoms with van der Waals surface area (Å²) in [7, 11) is -7.62. The van der Waals surface area contributed by atoms with Crippen LogP contribution in [0.25, 0.3) is 22.0 Å². The molecule has 0 aliphatic heterocycles. The van der Waals surface area contributed by atoms with E-state index in [9.17, 15) is 40.3 Å². The van der Waals surface area contributed by atoms with Crippen LogP contribution in [0.2, 0.25) is 0 Å². The van der Waals surface area contributed by atoms with E-state index in [2.05, 4.69) is 5.32 Å². The van der Waals surface area contributed by atoms with Gasteiger partial charge < -0.3 is 14.6 Å². The van der Waals surface area contributed by atoms with Crippen molar-refractivity contribution in [1.29, 1.82) is 0 Å². The number of ketones is 1. The van der Waals surface area contributed by atoms with Crippen molar-refractivity contribution in [2.75, 3.05) is 17.7 Å². The summed E-state index contributed by atoms with van der Waals surface area (Å²) in [6.07, 6.45) is -0.336. The Labute approximate surface area is 240 Å². The molecule has 0 amide bonds. The molecule has 3 aromatic carbocycles. The number of hydrogen-bond donors (Lipinski definition) is 3. The number of rotatable bonds is 8. The zero-order valence-corrected chi connectivity index (χ0v) is 23.9. The van der Waals surface area contributed by atoms with Crippen LogP contribution >= 0.6 is 0 Å². The van der Waals surface area contributed by atoms with Crippen LogP contribution < -0.4 is 10.9 Å². The Bertz CT molecular complexity index is 2100. The fourth-order valence-electron chi connectivity index (χ4n) is 5.11. The summed E-state index contributed by atoms with van der Waals surface area (Å²) < 4.78 is 71.7. The Morgan fingerprint density at radius 1 is 0.929 bits per heavy atom. The minimum Gasteiger partial charge on any atom is -0.462 e. The number of carbonyl (C=O) groups excluding carboxylic acids is 2. The van der Waals surface area contributed by atoms with Crippen LogP contribution in [0.1, 0.15) is 38.8 Å². The Balaban J connectivity index is 1.80. The third-order valence-electron chi connectivity index (χ3n) is 6.98. The molecule has 1 aliphatic carbocycles. The number of benzene rings is 3. The highest BCUT2D eigenvalue weighted by molar-refractivity contribution is 7.86. The van der Waals surface area contributed by atoms with Gasteiger partial charge in [-0.15, -0.1) is 0 Å². The van der Waals surface area contributed by atoms with Gasteiger partial charge in [-0.2, -0.15) is 16.8 Å². The smallest absolute Gasteiger partial charge is 0.344 e. The minimum atomic E-state index is -4.65. The normalized spacial score (nSPS) is 12.7. The molecule has 0 bridgehead atoms. The van der Waals surface area contributed by atoms with Gasteiger partial charge in [0, 0.05) is 29.2 Å². The first kappa shape index (κ1) is 29.1. The maximum Gasteiger partial charge on any atom is 0.344 e. The fraction of sp³-hybridized carbons (Fsp3) is 0.179. The van der Waals surface area contributed by atoms with Crippen LogP contribution in [0.4, 0.5) is 11.4 Å². The molecule has 0 atom stereocenters. The van der Waals surface area contributed by atoms with Gasteiger partial charge in [-0.05, 0) is 54.8 Å². The molecule has 1 aromatic heterocycles. The number of hydrogen-bond acceptors (Lipinski definition) is 9. The third-order valence-corrected chi connectivity index (χ3v) is 8.55. The predicted molar refractivity (Wildman–Crippen MR) is 154 cm³/mol. The monoisotopic (exact) mass is 612 g/mol. The lowest BCUT2D eigenvalue weighted by Crippen LogP contribution is -2.29. The second-order valence-corrected chi connectivity index (χ2v) is 12.5. The van der Waals surface area contributed by atoms with Crippen LogP contribution in [-0.2, 0) is 38.4 Å². The number of pyridine rings is 1. The highest BCUT2D eigenvalue weighted by Crippen LogP contribution is 2.44. The van der Waals surface area contributed by atoms with Crippen molar-refractivity contribution in [1.82, 2.24) is 4.57 Å². The van der Waals surface area contributed by atoms with E-state index >= 15 is 0 Å². The number of aromatic nitrogens is 1. The second-order valence-electron chi connectivity index (χ2n) is 9.55. The van der Waals surface area contributed by atoms with Gasteiger partial charge in [0.1, 0.15) is 5.56 Å². The lowest BCUT2D eigenvalue weighted by atomic mass is 9.81. The average Bonchev–Trinajstić information content (AvgIpc) is 2.92. The van der Waals surface area contributed by atoms with E-state index in [1.807, 2.05) is 0 Å². The standard InChI is InChI=1S/C28H24N2O10S2/c1-3-40-28(33)25-22-17-6-4-5-7-18(17)26(31)23-20(10-11-21(24(22)23)30(2)27(25)32)29-19-9-8-16(42(37,38)39)14-15(19)12-13-41(34,35)36/h4-11,14,29H,3,12-13H2,1-2H3,(H,34,35,36)(H,37,38,39). The maximum atomic E-state index is 14.0. The van der Waals surface area contributed by atoms with Crippen LogP contribution in [-0.4, -0.2) is 54.6 Å². The van der Waals surface area contributed by atoms with Gasteiger partial charge in [0.2, 0.25) is 0 Å². The lowest BCUT2D eigenvalue weighted by molar-refractivity contribution is 0.0524. The van der Waals surface area contributed by atoms with Crippen molar-refractivity contribution < 1.29 is 40.3 Å². The van der Waals surface area contributed by atoms with E-state index in [1.54, 1.807) is 37.3 Å². The molecule has 0 spiro atoms. The summed E-state index contributed by atoms with van der Waals surface area (Å²) in [5, 5.41) is 3.36. The van der Waals surface area contributed by atoms with E-state index < -0.39 is 48.2 Å². The first-order valence-corrected chi connectivity index (χ1v) is 15.6. The molecular formula is C28H24N2O10S2. The highest BCUT2D eigenvalue weighted by Gasteiger charge is 2.34. The number of fused-ring (bicyclic) bond motifs is 2. The number of esters is 1. The van der Waals surface area contributed by atoms with Crippen LogP contribution in [0.15, 0.2) is 64.3 Å². The molecule has 42 heavy (non-hydrogen) atoms. The number of ether oxygens (including phenoxy) is 1. The predicted octanol–water partition coefficient (Wildman–Crippen LogP) is 3.35. The van der Waals surface area contributed by atoms with E-state index in [0.717, 1.165) is 12.1 Å². The van der Waals surface area contributed by atoms with Crippen LogP contribution in [0.3, 0.4) is 0 Å². The molecule has 218 valence electrons. The van der Waals surface area contributed by atoms with Crippen molar-refractivity contribution in [2.45, 2.75) is 18.2 Å². The van der Waals surface area contributed by atoms with E-state index in [4.69, 9.17) is 4.74 Å². The quantitative estimate of drug-likeness (QED) is 0.172. The van der Waals surface area contributed by atoms with E-state index in [-0.39, 0.29) is 52.2 Å². The van der Waals surface area contributed by atoms with Gasteiger partial charge in [0.05, 0.1) is 34.0 Å². The van der Waals surface area contributed by atoms with Crippen molar-refractivity contribution >= 4 is 54.3 Å². The summed E-state index contributed by atoms with van der Waals surface area (Å²) in [4.78, 5) is 40.0.